The summed E-state index contributed by atoms with van der Waals surface area (Å²) in [6, 6.07) is -0.0726. The maximum Gasteiger partial charge on any atom is 0.410 e. The van der Waals surface area contributed by atoms with Gasteiger partial charge in [-0.1, -0.05) is 13.8 Å². The number of likely N-dealkylation sites (tertiary alicyclic amines) is 1. The fraction of sp³-hybridized carbons (Fsp3) is 0.923. The quantitative estimate of drug-likeness (QED) is 0.746. The number of amides is 1. The molecule has 1 fully saturated rings. The number of rotatable bonds is 3. The zero-order valence-electron chi connectivity index (χ0n) is 13.0. The van der Waals surface area contributed by atoms with E-state index in [0.29, 0.717) is 6.42 Å². The molecule has 0 aromatic carbocycles. The van der Waals surface area contributed by atoms with Crippen LogP contribution in [0.2, 0.25) is 0 Å². The molecule has 0 saturated carbocycles. The van der Waals surface area contributed by atoms with Gasteiger partial charge in [0.1, 0.15) is 5.60 Å². The van der Waals surface area contributed by atoms with Gasteiger partial charge in [-0.25, -0.2) is 4.79 Å². The third-order valence-electron chi connectivity index (χ3n) is 3.01. The van der Waals surface area contributed by atoms with E-state index in [1.807, 2.05) is 13.8 Å². The molecule has 0 spiro atoms. The molecule has 0 aliphatic carbocycles. The van der Waals surface area contributed by atoms with Crippen LogP contribution in [0.3, 0.4) is 0 Å². The molecule has 2 atom stereocenters. The van der Waals surface area contributed by atoms with Crippen LogP contribution in [-0.4, -0.2) is 50.0 Å². The van der Waals surface area contributed by atoms with Crippen molar-refractivity contribution >= 4 is 16.2 Å². The van der Waals surface area contributed by atoms with Crippen molar-refractivity contribution in [1.29, 1.82) is 0 Å². The lowest BCUT2D eigenvalue weighted by Crippen LogP contribution is -2.42. The predicted molar refractivity (Wildman–Crippen MR) is 75.9 cm³/mol. The molecule has 0 aromatic heterocycles. The third-order valence-corrected chi connectivity index (χ3v) is 3.64. The van der Waals surface area contributed by atoms with Gasteiger partial charge in [0.25, 0.3) is 10.1 Å². The van der Waals surface area contributed by atoms with E-state index in [2.05, 4.69) is 0 Å². The number of nitrogens with zero attached hydrogens (tertiary/aromatic N) is 1. The first-order valence-electron chi connectivity index (χ1n) is 6.77. The summed E-state index contributed by atoms with van der Waals surface area (Å²) in [4.78, 5) is 13.8. The van der Waals surface area contributed by atoms with E-state index in [1.165, 1.54) is 0 Å². The second-order valence-electron chi connectivity index (χ2n) is 6.60. The molecule has 1 saturated heterocycles. The smallest absolute Gasteiger partial charge is 0.410 e. The van der Waals surface area contributed by atoms with Crippen LogP contribution in [0.5, 0.6) is 0 Å². The second kappa shape index (κ2) is 5.89. The van der Waals surface area contributed by atoms with E-state index < -0.39 is 27.9 Å². The van der Waals surface area contributed by atoms with Gasteiger partial charge >= 0.3 is 6.09 Å². The van der Waals surface area contributed by atoms with Crippen LogP contribution in [0.15, 0.2) is 0 Å². The topological polar surface area (TPSA) is 72.9 Å². The van der Waals surface area contributed by atoms with Gasteiger partial charge in [0.05, 0.1) is 18.9 Å². The number of carbonyl (C=O) groups excluding carboxylic acids is 1. The molecule has 118 valence electrons. The largest absolute Gasteiger partial charge is 0.444 e. The van der Waals surface area contributed by atoms with Crippen molar-refractivity contribution < 1.29 is 22.1 Å². The molecule has 0 unspecified atom stereocenters. The average molecular weight is 307 g/mol. The van der Waals surface area contributed by atoms with Crippen LogP contribution in [0, 0.1) is 5.92 Å². The maximum atomic E-state index is 12.2. The van der Waals surface area contributed by atoms with Crippen molar-refractivity contribution in [2.45, 2.75) is 58.8 Å². The molecule has 6 nitrogen and oxygen atoms in total. The van der Waals surface area contributed by atoms with E-state index in [0.717, 1.165) is 6.26 Å². The molecular weight excluding hydrogens is 282 g/mol. The lowest BCUT2D eigenvalue weighted by atomic mass is 10.0. The van der Waals surface area contributed by atoms with E-state index in [1.54, 1.807) is 25.7 Å². The third kappa shape index (κ3) is 5.28. The SMILES string of the molecule is CC(C)[C@H]1C[C@H](OS(C)(=O)=O)CN1C(=O)OC(C)(C)C. The van der Waals surface area contributed by atoms with Crippen LogP contribution in [-0.2, 0) is 19.0 Å². The number of hydrogen-bond donors (Lipinski definition) is 0. The van der Waals surface area contributed by atoms with Crippen LogP contribution < -0.4 is 0 Å². The molecular formula is C13H25NO5S. The Hall–Kier alpha value is -0.820. The normalized spacial score (nSPS) is 24.2. The van der Waals surface area contributed by atoms with Crippen molar-refractivity contribution in [3.05, 3.63) is 0 Å². The second-order valence-corrected chi connectivity index (χ2v) is 8.20. The van der Waals surface area contributed by atoms with Gasteiger partial charge in [-0.15, -0.1) is 0 Å². The molecule has 0 N–H and O–H groups in total. The van der Waals surface area contributed by atoms with E-state index in [-0.39, 0.29) is 18.5 Å². The van der Waals surface area contributed by atoms with Crippen LogP contribution in [0.1, 0.15) is 41.0 Å². The number of carbonyl (C=O) groups is 1. The van der Waals surface area contributed by atoms with Gasteiger partial charge in [0.15, 0.2) is 0 Å². The average Bonchev–Trinajstić information content (AvgIpc) is 2.56. The van der Waals surface area contributed by atoms with Gasteiger partial charge in [-0.3, -0.25) is 4.18 Å². The lowest BCUT2D eigenvalue weighted by Gasteiger charge is -2.30. The van der Waals surface area contributed by atoms with Gasteiger partial charge in [0, 0.05) is 6.04 Å². The summed E-state index contributed by atoms with van der Waals surface area (Å²) in [6.45, 7) is 9.63. The summed E-state index contributed by atoms with van der Waals surface area (Å²) < 4.78 is 32.8. The minimum Gasteiger partial charge on any atom is -0.444 e. The van der Waals surface area contributed by atoms with Gasteiger partial charge in [-0.2, -0.15) is 8.42 Å². The van der Waals surface area contributed by atoms with Gasteiger partial charge in [-0.05, 0) is 33.1 Å². The van der Waals surface area contributed by atoms with Crippen LogP contribution in [0.25, 0.3) is 0 Å². The molecule has 0 bridgehead atoms. The molecule has 1 heterocycles. The Labute approximate surface area is 121 Å². The minimum absolute atomic E-state index is 0.0726. The molecule has 1 aliphatic rings. The predicted octanol–water partition coefficient (Wildman–Crippen LogP) is 2.00. The lowest BCUT2D eigenvalue weighted by molar-refractivity contribution is 0.0179. The number of ether oxygens (including phenoxy) is 1. The van der Waals surface area contributed by atoms with Crippen molar-refractivity contribution in [3.8, 4) is 0 Å². The fourth-order valence-electron chi connectivity index (χ4n) is 2.31. The Bertz CT molecular complexity index is 452. The molecule has 1 rings (SSSR count). The van der Waals surface area contributed by atoms with Crippen LogP contribution in [0.4, 0.5) is 4.79 Å². The number of hydrogen-bond acceptors (Lipinski definition) is 5. The monoisotopic (exact) mass is 307 g/mol. The van der Waals surface area contributed by atoms with Gasteiger partial charge < -0.3 is 9.64 Å². The molecule has 1 aliphatic heterocycles. The first-order valence-corrected chi connectivity index (χ1v) is 8.58. The van der Waals surface area contributed by atoms with E-state index >= 15 is 0 Å². The Morgan fingerprint density at radius 3 is 2.25 bits per heavy atom. The highest BCUT2D eigenvalue weighted by Crippen LogP contribution is 2.28. The minimum atomic E-state index is -3.52. The van der Waals surface area contributed by atoms with Crippen molar-refractivity contribution in [1.82, 2.24) is 4.90 Å². The molecule has 20 heavy (non-hydrogen) atoms. The van der Waals surface area contributed by atoms with E-state index in [9.17, 15) is 13.2 Å². The summed E-state index contributed by atoms with van der Waals surface area (Å²) in [5.74, 6) is 0.204. The standard InChI is InChI=1S/C13H25NO5S/c1-9(2)11-7-10(19-20(6,16)17)8-14(11)12(15)18-13(3,4)5/h9-11H,7-8H2,1-6H3/t10-,11+/m0/s1. The molecule has 0 radical (unpaired) electrons. The highest BCUT2D eigenvalue weighted by Gasteiger charge is 2.40. The molecule has 0 aromatic rings. The van der Waals surface area contributed by atoms with Gasteiger partial charge in [0.2, 0.25) is 0 Å². The van der Waals surface area contributed by atoms with Crippen molar-refractivity contribution in [2.24, 2.45) is 5.92 Å². The Kier molecular flexibility index (Phi) is 5.08. The maximum absolute atomic E-state index is 12.2. The summed E-state index contributed by atoms with van der Waals surface area (Å²) in [7, 11) is -3.52. The Morgan fingerprint density at radius 1 is 1.30 bits per heavy atom. The molecule has 1 amide bonds. The Balaban J connectivity index is 2.80. The summed E-state index contributed by atoms with van der Waals surface area (Å²) >= 11 is 0. The first-order chi connectivity index (χ1) is 8.89. The van der Waals surface area contributed by atoms with Crippen molar-refractivity contribution in [2.75, 3.05) is 12.8 Å². The van der Waals surface area contributed by atoms with Crippen LogP contribution >= 0.6 is 0 Å². The summed E-state index contributed by atoms with van der Waals surface area (Å²) in [5, 5.41) is 0. The van der Waals surface area contributed by atoms with E-state index in [4.69, 9.17) is 8.92 Å². The summed E-state index contributed by atoms with van der Waals surface area (Å²) in [5.41, 5.74) is -0.575. The van der Waals surface area contributed by atoms with Crippen molar-refractivity contribution in [3.63, 3.8) is 0 Å². The zero-order chi connectivity index (χ0) is 15.7. The zero-order valence-corrected chi connectivity index (χ0v) is 13.9. The molecule has 7 heteroatoms. The fourth-order valence-corrected chi connectivity index (χ4v) is 2.94. The highest BCUT2D eigenvalue weighted by molar-refractivity contribution is 7.86. The summed E-state index contributed by atoms with van der Waals surface area (Å²) in [6.07, 6.45) is 0.609. The first kappa shape index (κ1) is 17.2. The Morgan fingerprint density at radius 2 is 1.85 bits per heavy atom. The highest BCUT2D eigenvalue weighted by atomic mass is 32.2.